The number of nitrogens with two attached hydrogens (primary N) is 1. The molecule has 6 heteroatoms. The van der Waals surface area contributed by atoms with E-state index in [-0.39, 0.29) is 5.95 Å². The summed E-state index contributed by atoms with van der Waals surface area (Å²) in [6, 6.07) is 5.72. The van der Waals surface area contributed by atoms with Crippen molar-refractivity contribution in [1.29, 1.82) is 0 Å². The fourth-order valence-corrected chi connectivity index (χ4v) is 1.52. The average molecular weight is 244 g/mol. The Hall–Kier alpha value is -2.37. The summed E-state index contributed by atoms with van der Waals surface area (Å²) in [4.78, 5) is 12.3. The monoisotopic (exact) mass is 244 g/mol. The van der Waals surface area contributed by atoms with Gasteiger partial charge in [-0.15, -0.1) is 0 Å². The molecule has 0 aliphatic rings. The molecule has 0 fully saturated rings. The number of hydrogen-bond donors (Lipinski definition) is 3. The minimum absolute atomic E-state index is 0.252. The standard InChI is InChI=1S/C12H16N6/c1-2-15-10-6-11(18-12(13)17-10)16-8-9-4-3-5-14-7-9/h3-7H,2,8H2,1H3,(H4,13,15,16,17,18). The van der Waals surface area contributed by atoms with Crippen LogP contribution in [-0.2, 0) is 6.54 Å². The second-order valence-electron chi connectivity index (χ2n) is 3.74. The molecule has 0 bridgehead atoms. The molecule has 0 aromatic carbocycles. The van der Waals surface area contributed by atoms with E-state index in [4.69, 9.17) is 5.73 Å². The third-order valence-electron chi connectivity index (χ3n) is 2.30. The topological polar surface area (TPSA) is 88.8 Å². The molecule has 0 amide bonds. The predicted octanol–water partition coefficient (Wildman–Crippen LogP) is 1.50. The Bertz CT molecular complexity index is 499. The molecular weight excluding hydrogens is 228 g/mol. The van der Waals surface area contributed by atoms with Gasteiger partial charge in [0.15, 0.2) is 0 Å². The molecule has 2 aromatic rings. The first-order valence-corrected chi connectivity index (χ1v) is 5.79. The first-order chi connectivity index (χ1) is 8.78. The molecule has 0 spiro atoms. The number of nitrogens with one attached hydrogen (secondary N) is 2. The Kier molecular flexibility index (Phi) is 3.90. The van der Waals surface area contributed by atoms with Crippen LogP contribution in [0.3, 0.4) is 0 Å². The van der Waals surface area contributed by atoms with Gasteiger partial charge in [0.05, 0.1) is 0 Å². The largest absolute Gasteiger partial charge is 0.370 e. The molecular formula is C12H16N6. The van der Waals surface area contributed by atoms with E-state index in [1.165, 1.54) is 0 Å². The summed E-state index contributed by atoms with van der Waals surface area (Å²) in [5.41, 5.74) is 6.73. The summed E-state index contributed by atoms with van der Waals surface area (Å²) >= 11 is 0. The zero-order valence-corrected chi connectivity index (χ0v) is 10.2. The zero-order valence-electron chi connectivity index (χ0n) is 10.2. The third-order valence-corrected chi connectivity index (χ3v) is 2.30. The maximum Gasteiger partial charge on any atom is 0.223 e. The van der Waals surface area contributed by atoms with Crippen LogP contribution in [0.25, 0.3) is 0 Å². The highest BCUT2D eigenvalue weighted by Gasteiger charge is 2.01. The van der Waals surface area contributed by atoms with Crippen LogP contribution < -0.4 is 16.4 Å². The molecule has 0 radical (unpaired) electrons. The van der Waals surface area contributed by atoms with Crippen molar-refractivity contribution in [1.82, 2.24) is 15.0 Å². The molecule has 0 unspecified atom stereocenters. The van der Waals surface area contributed by atoms with Crippen molar-refractivity contribution in [2.24, 2.45) is 0 Å². The van der Waals surface area contributed by atoms with Crippen molar-refractivity contribution in [3.63, 3.8) is 0 Å². The van der Waals surface area contributed by atoms with Crippen molar-refractivity contribution in [3.05, 3.63) is 36.2 Å². The molecule has 0 atom stereocenters. The van der Waals surface area contributed by atoms with Gasteiger partial charge in [-0.05, 0) is 18.6 Å². The van der Waals surface area contributed by atoms with Crippen LogP contribution in [0.4, 0.5) is 17.6 Å². The predicted molar refractivity (Wildman–Crippen MR) is 72.2 cm³/mol. The number of hydrogen-bond acceptors (Lipinski definition) is 6. The van der Waals surface area contributed by atoms with E-state index in [0.29, 0.717) is 12.4 Å². The lowest BCUT2D eigenvalue weighted by Crippen LogP contribution is -2.07. The summed E-state index contributed by atoms with van der Waals surface area (Å²) < 4.78 is 0. The molecule has 2 rings (SSSR count). The maximum atomic E-state index is 5.64. The smallest absolute Gasteiger partial charge is 0.223 e. The van der Waals surface area contributed by atoms with Crippen LogP contribution in [0.15, 0.2) is 30.6 Å². The lowest BCUT2D eigenvalue weighted by molar-refractivity contribution is 1.06. The van der Waals surface area contributed by atoms with Crippen LogP contribution in [-0.4, -0.2) is 21.5 Å². The molecule has 0 saturated heterocycles. The summed E-state index contributed by atoms with van der Waals surface area (Å²) in [6.45, 7) is 3.44. The Morgan fingerprint density at radius 2 is 2.00 bits per heavy atom. The van der Waals surface area contributed by atoms with Gasteiger partial charge < -0.3 is 16.4 Å². The maximum absolute atomic E-state index is 5.64. The molecule has 2 aromatic heterocycles. The molecule has 0 saturated carbocycles. The van der Waals surface area contributed by atoms with Gasteiger partial charge in [-0.2, -0.15) is 9.97 Å². The van der Waals surface area contributed by atoms with Gasteiger partial charge in [-0.25, -0.2) is 0 Å². The summed E-state index contributed by atoms with van der Waals surface area (Å²) in [7, 11) is 0. The summed E-state index contributed by atoms with van der Waals surface area (Å²) in [5.74, 6) is 1.67. The normalized spacial score (nSPS) is 10.1. The number of nitrogens with zero attached hydrogens (tertiary/aromatic N) is 3. The Morgan fingerprint density at radius 3 is 2.67 bits per heavy atom. The fourth-order valence-electron chi connectivity index (χ4n) is 1.52. The lowest BCUT2D eigenvalue weighted by atomic mass is 10.3. The van der Waals surface area contributed by atoms with E-state index in [0.717, 1.165) is 17.9 Å². The first kappa shape index (κ1) is 12.1. The number of nitrogen functional groups attached to an aromatic ring is 1. The highest BCUT2D eigenvalue weighted by molar-refractivity contribution is 5.51. The highest BCUT2D eigenvalue weighted by Crippen LogP contribution is 2.13. The van der Waals surface area contributed by atoms with E-state index in [2.05, 4.69) is 25.6 Å². The number of aromatic nitrogens is 3. The molecule has 0 aliphatic carbocycles. The van der Waals surface area contributed by atoms with Crippen LogP contribution in [0, 0.1) is 0 Å². The second-order valence-corrected chi connectivity index (χ2v) is 3.74. The Balaban J connectivity index is 2.05. The van der Waals surface area contributed by atoms with Gasteiger partial charge in [0.25, 0.3) is 0 Å². The summed E-state index contributed by atoms with van der Waals surface area (Å²) in [5, 5.41) is 6.29. The minimum atomic E-state index is 0.252. The van der Waals surface area contributed by atoms with Gasteiger partial charge in [0, 0.05) is 31.5 Å². The van der Waals surface area contributed by atoms with Gasteiger partial charge in [0.1, 0.15) is 11.6 Å². The average Bonchev–Trinajstić information content (AvgIpc) is 2.37. The minimum Gasteiger partial charge on any atom is -0.370 e. The van der Waals surface area contributed by atoms with Crippen molar-refractivity contribution in [2.75, 3.05) is 22.9 Å². The van der Waals surface area contributed by atoms with Crippen molar-refractivity contribution >= 4 is 17.6 Å². The van der Waals surface area contributed by atoms with Crippen LogP contribution in [0.1, 0.15) is 12.5 Å². The number of anilines is 3. The molecule has 4 N–H and O–H groups in total. The molecule has 6 nitrogen and oxygen atoms in total. The van der Waals surface area contributed by atoms with Gasteiger partial charge in [-0.3, -0.25) is 4.98 Å². The van der Waals surface area contributed by atoms with Gasteiger partial charge in [-0.1, -0.05) is 6.07 Å². The SMILES string of the molecule is CCNc1cc(NCc2cccnc2)nc(N)n1. The Morgan fingerprint density at radius 1 is 1.22 bits per heavy atom. The van der Waals surface area contributed by atoms with Crippen molar-refractivity contribution in [3.8, 4) is 0 Å². The van der Waals surface area contributed by atoms with Gasteiger partial charge in [0.2, 0.25) is 5.95 Å². The molecule has 2 heterocycles. The second kappa shape index (κ2) is 5.81. The van der Waals surface area contributed by atoms with Crippen LogP contribution >= 0.6 is 0 Å². The molecule has 18 heavy (non-hydrogen) atoms. The van der Waals surface area contributed by atoms with Crippen molar-refractivity contribution in [2.45, 2.75) is 13.5 Å². The quantitative estimate of drug-likeness (QED) is 0.738. The molecule has 94 valence electrons. The fraction of sp³-hybridized carbons (Fsp3) is 0.250. The van der Waals surface area contributed by atoms with E-state index < -0.39 is 0 Å². The van der Waals surface area contributed by atoms with E-state index in [9.17, 15) is 0 Å². The highest BCUT2D eigenvalue weighted by atomic mass is 15.1. The van der Waals surface area contributed by atoms with E-state index in [1.54, 1.807) is 6.20 Å². The Labute approximate surface area is 106 Å². The van der Waals surface area contributed by atoms with E-state index in [1.807, 2.05) is 31.3 Å². The van der Waals surface area contributed by atoms with Crippen LogP contribution in [0.5, 0.6) is 0 Å². The van der Waals surface area contributed by atoms with Crippen LogP contribution in [0.2, 0.25) is 0 Å². The number of pyridine rings is 1. The number of rotatable bonds is 5. The zero-order chi connectivity index (χ0) is 12.8. The lowest BCUT2D eigenvalue weighted by Gasteiger charge is -2.08. The summed E-state index contributed by atoms with van der Waals surface area (Å²) in [6.07, 6.45) is 3.55. The first-order valence-electron chi connectivity index (χ1n) is 5.79. The third kappa shape index (κ3) is 3.31. The van der Waals surface area contributed by atoms with Crippen molar-refractivity contribution < 1.29 is 0 Å². The molecule has 0 aliphatic heterocycles. The van der Waals surface area contributed by atoms with E-state index >= 15 is 0 Å². The van der Waals surface area contributed by atoms with Gasteiger partial charge >= 0.3 is 0 Å².